The number of rotatable bonds is 3. The lowest BCUT2D eigenvalue weighted by Crippen LogP contribution is -2.10. The molecule has 1 unspecified atom stereocenters. The smallest absolute Gasteiger partial charge is 0.194 e. The van der Waals surface area contributed by atoms with Crippen LogP contribution in [0.4, 0.5) is 0 Å². The molecule has 21 heavy (non-hydrogen) atoms. The average Bonchev–Trinajstić information content (AvgIpc) is 2.93. The minimum Gasteiger partial charge on any atom is -0.291 e. The fourth-order valence-electron chi connectivity index (χ4n) is 2.22. The number of nitriles is 1. The number of thiophene rings is 1. The van der Waals surface area contributed by atoms with Gasteiger partial charge in [-0.1, -0.05) is 52.3 Å². The summed E-state index contributed by atoms with van der Waals surface area (Å²) in [4.78, 5) is 13.3. The van der Waals surface area contributed by atoms with Crippen molar-refractivity contribution in [3.63, 3.8) is 0 Å². The molecule has 0 bridgehead atoms. The van der Waals surface area contributed by atoms with E-state index in [9.17, 15) is 10.1 Å². The zero-order chi connectivity index (χ0) is 14.8. The van der Waals surface area contributed by atoms with Crippen molar-refractivity contribution < 1.29 is 4.79 Å². The highest BCUT2D eigenvalue weighted by Crippen LogP contribution is 2.32. The van der Waals surface area contributed by atoms with Crippen LogP contribution in [0.1, 0.15) is 21.2 Å². The fraction of sp³-hybridized carbons (Fsp3) is 0.0588. The third-order valence-electron chi connectivity index (χ3n) is 3.28. The second-order valence-electron chi connectivity index (χ2n) is 4.60. The van der Waals surface area contributed by atoms with E-state index in [1.165, 1.54) is 11.3 Å². The summed E-state index contributed by atoms with van der Waals surface area (Å²) >= 11 is 4.85. The minimum absolute atomic E-state index is 0.148. The van der Waals surface area contributed by atoms with Crippen LogP contribution >= 0.6 is 27.3 Å². The Labute approximate surface area is 134 Å². The van der Waals surface area contributed by atoms with Crippen LogP contribution in [0.15, 0.2) is 59.1 Å². The molecule has 1 aromatic heterocycles. The molecule has 0 aliphatic carbocycles. The summed E-state index contributed by atoms with van der Waals surface area (Å²) in [5.41, 5.74) is 0.711. The number of ketones is 1. The highest BCUT2D eigenvalue weighted by molar-refractivity contribution is 9.10. The Morgan fingerprint density at radius 1 is 1.14 bits per heavy atom. The molecule has 0 radical (unpaired) electrons. The van der Waals surface area contributed by atoms with Crippen LogP contribution in [-0.2, 0) is 0 Å². The first kappa shape index (κ1) is 14.0. The summed E-state index contributed by atoms with van der Waals surface area (Å²) in [6.45, 7) is 0. The molecule has 4 heteroatoms. The van der Waals surface area contributed by atoms with Gasteiger partial charge in [0.1, 0.15) is 5.92 Å². The first-order valence-electron chi connectivity index (χ1n) is 6.37. The van der Waals surface area contributed by atoms with Crippen LogP contribution in [0.25, 0.3) is 10.1 Å². The van der Waals surface area contributed by atoms with Crippen molar-refractivity contribution in [1.82, 2.24) is 0 Å². The molecule has 0 saturated carbocycles. The van der Waals surface area contributed by atoms with Crippen LogP contribution < -0.4 is 0 Å². The Kier molecular flexibility index (Phi) is 3.87. The number of hydrogen-bond acceptors (Lipinski definition) is 3. The molecule has 0 spiro atoms. The lowest BCUT2D eigenvalue weighted by Gasteiger charge is -2.09. The van der Waals surface area contributed by atoms with E-state index in [0.717, 1.165) is 14.6 Å². The number of benzene rings is 2. The van der Waals surface area contributed by atoms with Crippen molar-refractivity contribution in [2.24, 2.45) is 0 Å². The molecular weight excluding hydrogens is 346 g/mol. The van der Waals surface area contributed by atoms with E-state index in [-0.39, 0.29) is 5.78 Å². The second kappa shape index (κ2) is 5.80. The summed E-state index contributed by atoms with van der Waals surface area (Å²) in [6.07, 6.45) is 0. The number of carbonyl (C=O) groups is 1. The fourth-order valence-corrected chi connectivity index (χ4v) is 3.77. The summed E-state index contributed by atoms with van der Waals surface area (Å²) in [7, 11) is 0. The topological polar surface area (TPSA) is 40.9 Å². The van der Waals surface area contributed by atoms with Gasteiger partial charge in [-0.25, -0.2) is 0 Å². The number of fused-ring (bicyclic) bond motifs is 1. The molecule has 102 valence electrons. The maximum Gasteiger partial charge on any atom is 0.194 e. The van der Waals surface area contributed by atoms with E-state index >= 15 is 0 Å². The monoisotopic (exact) mass is 355 g/mol. The third kappa shape index (κ3) is 2.63. The van der Waals surface area contributed by atoms with Gasteiger partial charge in [0.05, 0.1) is 10.9 Å². The molecular formula is C17H10BrNOS. The molecule has 0 saturated heterocycles. The molecule has 3 aromatic rings. The van der Waals surface area contributed by atoms with Gasteiger partial charge in [0.25, 0.3) is 0 Å². The summed E-state index contributed by atoms with van der Waals surface area (Å²) in [5.74, 6) is -0.931. The predicted octanol–water partition coefficient (Wildman–Crippen LogP) is 5.15. The van der Waals surface area contributed by atoms with Gasteiger partial charge in [-0.3, -0.25) is 4.79 Å². The summed E-state index contributed by atoms with van der Waals surface area (Å²) in [6, 6.07) is 19.2. The van der Waals surface area contributed by atoms with Gasteiger partial charge in [-0.05, 0) is 29.1 Å². The maximum atomic E-state index is 12.7. The minimum atomic E-state index is -0.784. The van der Waals surface area contributed by atoms with E-state index in [1.807, 2.05) is 54.6 Å². The van der Waals surface area contributed by atoms with E-state index in [1.54, 1.807) is 0 Å². The molecule has 1 atom stereocenters. The van der Waals surface area contributed by atoms with Gasteiger partial charge in [0.2, 0.25) is 0 Å². The van der Waals surface area contributed by atoms with E-state index < -0.39 is 5.92 Å². The standard InChI is InChI=1S/C17H10BrNOS/c18-14-7-3-2-6-12(14)13(10-19)17(20)16-9-11-5-1-4-8-15(11)21-16/h1-9,13H. The third-order valence-corrected chi connectivity index (χ3v) is 5.13. The molecule has 3 rings (SSSR count). The lowest BCUT2D eigenvalue weighted by atomic mass is 9.95. The van der Waals surface area contributed by atoms with Crippen molar-refractivity contribution in [3.8, 4) is 6.07 Å². The quantitative estimate of drug-likeness (QED) is 0.609. The van der Waals surface area contributed by atoms with Gasteiger partial charge in [-0.2, -0.15) is 5.26 Å². The average molecular weight is 356 g/mol. The van der Waals surface area contributed by atoms with Crippen LogP contribution in [0.3, 0.4) is 0 Å². The van der Waals surface area contributed by atoms with Crippen LogP contribution in [-0.4, -0.2) is 5.78 Å². The first-order valence-corrected chi connectivity index (χ1v) is 7.98. The summed E-state index contributed by atoms with van der Waals surface area (Å²) in [5, 5.41) is 10.5. The molecule has 0 amide bonds. The Morgan fingerprint density at radius 2 is 1.86 bits per heavy atom. The van der Waals surface area contributed by atoms with Crippen molar-refractivity contribution in [1.29, 1.82) is 5.26 Å². The van der Waals surface area contributed by atoms with Crippen LogP contribution in [0, 0.1) is 11.3 Å². The summed E-state index contributed by atoms with van der Waals surface area (Å²) < 4.78 is 1.84. The Morgan fingerprint density at radius 3 is 2.57 bits per heavy atom. The SMILES string of the molecule is N#CC(C(=O)c1cc2ccccc2s1)c1ccccc1Br. The Balaban J connectivity index is 2.03. The number of hydrogen-bond donors (Lipinski definition) is 0. The molecule has 2 nitrogen and oxygen atoms in total. The van der Waals surface area contributed by atoms with Crippen LogP contribution in [0.5, 0.6) is 0 Å². The lowest BCUT2D eigenvalue weighted by molar-refractivity contribution is 0.0982. The van der Waals surface area contributed by atoms with Gasteiger partial charge in [0, 0.05) is 9.17 Å². The molecule has 1 heterocycles. The molecule has 0 N–H and O–H groups in total. The largest absolute Gasteiger partial charge is 0.291 e. The van der Waals surface area contributed by atoms with Crippen molar-refractivity contribution in [3.05, 3.63) is 69.5 Å². The first-order chi connectivity index (χ1) is 10.2. The zero-order valence-electron chi connectivity index (χ0n) is 10.9. The Hall–Kier alpha value is -1.96. The van der Waals surface area contributed by atoms with Crippen molar-refractivity contribution in [2.45, 2.75) is 5.92 Å². The normalized spacial score (nSPS) is 12.0. The van der Waals surface area contributed by atoms with Crippen molar-refractivity contribution >= 4 is 43.1 Å². The van der Waals surface area contributed by atoms with E-state index in [4.69, 9.17) is 0 Å². The number of nitrogens with zero attached hydrogens (tertiary/aromatic N) is 1. The number of Topliss-reactive ketones (excluding diaryl/α,β-unsaturated/α-hetero) is 1. The molecule has 2 aromatic carbocycles. The van der Waals surface area contributed by atoms with Crippen LogP contribution in [0.2, 0.25) is 0 Å². The van der Waals surface area contributed by atoms with Gasteiger partial charge >= 0.3 is 0 Å². The van der Waals surface area contributed by atoms with E-state index in [0.29, 0.717) is 10.4 Å². The van der Waals surface area contributed by atoms with Gasteiger partial charge in [-0.15, -0.1) is 11.3 Å². The van der Waals surface area contributed by atoms with Crippen molar-refractivity contribution in [2.75, 3.05) is 0 Å². The molecule has 0 aliphatic rings. The van der Waals surface area contributed by atoms with Gasteiger partial charge < -0.3 is 0 Å². The number of halogens is 1. The zero-order valence-corrected chi connectivity index (χ0v) is 13.3. The Bertz CT molecular complexity index is 829. The van der Waals surface area contributed by atoms with Gasteiger partial charge in [0.15, 0.2) is 5.78 Å². The maximum absolute atomic E-state index is 12.7. The second-order valence-corrected chi connectivity index (χ2v) is 6.53. The highest BCUT2D eigenvalue weighted by atomic mass is 79.9. The molecule has 0 aliphatic heterocycles. The van der Waals surface area contributed by atoms with E-state index in [2.05, 4.69) is 22.0 Å². The predicted molar refractivity (Wildman–Crippen MR) is 88.7 cm³/mol. The molecule has 0 fully saturated rings. The highest BCUT2D eigenvalue weighted by Gasteiger charge is 2.25. The number of carbonyl (C=O) groups excluding carboxylic acids is 1.